The average Bonchev–Trinajstić information content (AvgIpc) is 3.17. The van der Waals surface area contributed by atoms with E-state index in [0.717, 1.165) is 47.0 Å². The molecule has 0 amide bonds. The maximum atomic E-state index is 6.41. The highest BCUT2D eigenvalue weighted by molar-refractivity contribution is 7.19. The third kappa shape index (κ3) is 3.91. The molecule has 4 heterocycles. The SMILES string of the molecule is N[C@H](CNc1nc(-c2ccncc2)nc2sc3c(c12)CCCC3)Cc1ccccn1. The van der Waals surface area contributed by atoms with Crippen molar-refractivity contribution in [1.29, 1.82) is 0 Å². The van der Waals surface area contributed by atoms with Gasteiger partial charge < -0.3 is 11.1 Å². The molecular formula is C23H24N6S. The minimum atomic E-state index is -0.0521. The Hall–Kier alpha value is -2.90. The average molecular weight is 417 g/mol. The molecule has 6 nitrogen and oxygen atoms in total. The summed E-state index contributed by atoms with van der Waals surface area (Å²) >= 11 is 1.81. The van der Waals surface area contributed by atoms with Crippen molar-refractivity contribution in [3.63, 3.8) is 0 Å². The number of aryl methyl sites for hydroxylation is 2. The zero-order valence-corrected chi connectivity index (χ0v) is 17.5. The van der Waals surface area contributed by atoms with Gasteiger partial charge in [0.2, 0.25) is 0 Å². The molecule has 152 valence electrons. The van der Waals surface area contributed by atoms with Gasteiger partial charge in [0, 0.05) is 53.7 Å². The van der Waals surface area contributed by atoms with Crippen LogP contribution in [0.15, 0.2) is 48.9 Å². The van der Waals surface area contributed by atoms with E-state index < -0.39 is 0 Å². The van der Waals surface area contributed by atoms with Gasteiger partial charge in [0.1, 0.15) is 10.6 Å². The van der Waals surface area contributed by atoms with Crippen molar-refractivity contribution in [3.05, 3.63) is 65.1 Å². The Bertz CT molecular complexity index is 1140. The van der Waals surface area contributed by atoms with Crippen molar-refractivity contribution in [1.82, 2.24) is 19.9 Å². The van der Waals surface area contributed by atoms with Crippen LogP contribution in [-0.2, 0) is 19.3 Å². The zero-order valence-electron chi connectivity index (χ0n) is 16.7. The molecule has 0 spiro atoms. The molecule has 30 heavy (non-hydrogen) atoms. The molecule has 1 atom stereocenters. The molecule has 0 bridgehead atoms. The van der Waals surface area contributed by atoms with Crippen molar-refractivity contribution in [2.24, 2.45) is 5.73 Å². The normalized spacial score (nSPS) is 14.4. The number of fused-ring (bicyclic) bond motifs is 3. The second-order valence-corrected chi connectivity index (χ2v) is 8.77. The first kappa shape index (κ1) is 19.1. The minimum absolute atomic E-state index is 0.0521. The Morgan fingerprint density at radius 2 is 1.90 bits per heavy atom. The summed E-state index contributed by atoms with van der Waals surface area (Å²) in [6.07, 6.45) is 10.8. The molecule has 0 aliphatic heterocycles. The van der Waals surface area contributed by atoms with Gasteiger partial charge in [0.05, 0.1) is 5.39 Å². The van der Waals surface area contributed by atoms with Gasteiger partial charge in [-0.05, 0) is 55.5 Å². The lowest BCUT2D eigenvalue weighted by molar-refractivity contribution is 0.685. The van der Waals surface area contributed by atoms with Gasteiger partial charge in [-0.25, -0.2) is 9.97 Å². The summed E-state index contributed by atoms with van der Waals surface area (Å²) < 4.78 is 0. The molecule has 3 N–H and O–H groups in total. The second kappa shape index (κ2) is 8.45. The van der Waals surface area contributed by atoms with E-state index in [0.29, 0.717) is 6.54 Å². The molecule has 4 aromatic rings. The fourth-order valence-electron chi connectivity index (χ4n) is 4.00. The molecule has 1 aliphatic rings. The first-order chi connectivity index (χ1) is 14.8. The number of nitrogens with one attached hydrogen (secondary N) is 1. The molecule has 0 saturated heterocycles. The predicted molar refractivity (Wildman–Crippen MR) is 122 cm³/mol. The van der Waals surface area contributed by atoms with Crippen LogP contribution in [0.3, 0.4) is 0 Å². The van der Waals surface area contributed by atoms with Crippen molar-refractivity contribution in [2.75, 3.05) is 11.9 Å². The van der Waals surface area contributed by atoms with Crippen LogP contribution < -0.4 is 11.1 Å². The number of pyridine rings is 2. The number of hydrogen-bond acceptors (Lipinski definition) is 7. The standard InChI is InChI=1S/C23H24N6S/c24-16(13-17-5-3-4-10-26-17)14-27-22-20-18-6-1-2-7-19(18)30-23(20)29-21(28-22)15-8-11-25-12-9-15/h3-5,8-12,16H,1-2,6-7,13-14,24H2,(H,27,28,29)/t16-/m0/s1. The summed E-state index contributed by atoms with van der Waals surface area (Å²) in [5.41, 5.74) is 9.80. The van der Waals surface area contributed by atoms with E-state index in [9.17, 15) is 0 Å². The Morgan fingerprint density at radius 3 is 2.73 bits per heavy atom. The van der Waals surface area contributed by atoms with E-state index in [1.807, 2.05) is 47.9 Å². The minimum Gasteiger partial charge on any atom is -0.368 e. The fourth-order valence-corrected chi connectivity index (χ4v) is 5.26. The molecule has 0 saturated carbocycles. The summed E-state index contributed by atoms with van der Waals surface area (Å²) in [4.78, 5) is 20.8. The van der Waals surface area contributed by atoms with E-state index in [-0.39, 0.29) is 6.04 Å². The Morgan fingerprint density at radius 1 is 1.03 bits per heavy atom. The van der Waals surface area contributed by atoms with Gasteiger partial charge in [-0.2, -0.15) is 0 Å². The smallest absolute Gasteiger partial charge is 0.163 e. The van der Waals surface area contributed by atoms with Gasteiger partial charge in [-0.1, -0.05) is 6.07 Å². The maximum absolute atomic E-state index is 6.41. The molecule has 0 aromatic carbocycles. The first-order valence-electron chi connectivity index (χ1n) is 10.4. The zero-order chi connectivity index (χ0) is 20.3. The number of nitrogens with two attached hydrogens (primary N) is 1. The Balaban J connectivity index is 1.48. The van der Waals surface area contributed by atoms with Gasteiger partial charge in [0.25, 0.3) is 0 Å². The number of thiophene rings is 1. The third-order valence-corrected chi connectivity index (χ3v) is 6.67. The maximum Gasteiger partial charge on any atom is 0.163 e. The molecular weight excluding hydrogens is 392 g/mol. The van der Waals surface area contributed by atoms with Gasteiger partial charge >= 0.3 is 0 Å². The largest absolute Gasteiger partial charge is 0.368 e. The fraction of sp³-hybridized carbons (Fsp3) is 0.304. The summed E-state index contributed by atoms with van der Waals surface area (Å²) in [6, 6.07) is 9.78. The molecule has 4 aromatic heterocycles. The van der Waals surface area contributed by atoms with Crippen LogP contribution in [0.1, 0.15) is 29.0 Å². The van der Waals surface area contributed by atoms with Crippen LogP contribution >= 0.6 is 11.3 Å². The van der Waals surface area contributed by atoms with Crippen molar-refractivity contribution >= 4 is 27.4 Å². The van der Waals surface area contributed by atoms with Crippen LogP contribution in [-0.4, -0.2) is 32.5 Å². The second-order valence-electron chi connectivity index (χ2n) is 7.69. The van der Waals surface area contributed by atoms with E-state index in [2.05, 4.69) is 15.3 Å². The number of rotatable bonds is 6. The number of aromatic nitrogens is 4. The Kier molecular flexibility index (Phi) is 5.38. The molecule has 0 radical (unpaired) electrons. The summed E-state index contributed by atoms with van der Waals surface area (Å²) in [5.74, 6) is 1.62. The van der Waals surface area contributed by atoms with Crippen LogP contribution in [0.2, 0.25) is 0 Å². The topological polar surface area (TPSA) is 89.6 Å². The van der Waals surface area contributed by atoms with E-state index in [4.69, 9.17) is 15.7 Å². The van der Waals surface area contributed by atoms with E-state index in [1.54, 1.807) is 12.4 Å². The first-order valence-corrected chi connectivity index (χ1v) is 11.2. The number of nitrogens with zero attached hydrogens (tertiary/aromatic N) is 4. The highest BCUT2D eigenvalue weighted by atomic mass is 32.1. The van der Waals surface area contributed by atoms with Crippen molar-refractivity contribution in [2.45, 2.75) is 38.1 Å². The van der Waals surface area contributed by atoms with Gasteiger partial charge in [-0.15, -0.1) is 11.3 Å². The van der Waals surface area contributed by atoms with Crippen molar-refractivity contribution in [3.8, 4) is 11.4 Å². The lowest BCUT2D eigenvalue weighted by atomic mass is 9.97. The molecule has 0 fully saturated rings. The van der Waals surface area contributed by atoms with E-state index in [1.165, 1.54) is 28.7 Å². The Labute approximate surface area is 179 Å². The highest BCUT2D eigenvalue weighted by Crippen LogP contribution is 2.39. The third-order valence-electron chi connectivity index (χ3n) is 5.48. The summed E-state index contributed by atoms with van der Waals surface area (Å²) in [5, 5.41) is 4.72. The molecule has 5 rings (SSSR count). The van der Waals surface area contributed by atoms with Crippen molar-refractivity contribution < 1.29 is 0 Å². The van der Waals surface area contributed by atoms with Crippen LogP contribution in [0.4, 0.5) is 5.82 Å². The van der Waals surface area contributed by atoms with E-state index >= 15 is 0 Å². The molecule has 0 unspecified atom stereocenters. The lowest BCUT2D eigenvalue weighted by Crippen LogP contribution is -2.31. The van der Waals surface area contributed by atoms with Gasteiger partial charge in [-0.3, -0.25) is 9.97 Å². The number of hydrogen-bond donors (Lipinski definition) is 2. The molecule has 1 aliphatic carbocycles. The number of anilines is 1. The van der Waals surface area contributed by atoms with Gasteiger partial charge in [0.15, 0.2) is 5.82 Å². The summed E-state index contributed by atoms with van der Waals surface area (Å²) in [6.45, 7) is 0.628. The van der Waals surface area contributed by atoms with Crippen LogP contribution in [0.25, 0.3) is 21.6 Å². The quantitative estimate of drug-likeness (QED) is 0.494. The monoisotopic (exact) mass is 416 g/mol. The summed E-state index contributed by atoms with van der Waals surface area (Å²) in [7, 11) is 0. The predicted octanol–water partition coefficient (Wildman–Crippen LogP) is 4.01. The van der Waals surface area contributed by atoms with Crippen LogP contribution in [0, 0.1) is 0 Å². The highest BCUT2D eigenvalue weighted by Gasteiger charge is 2.22. The van der Waals surface area contributed by atoms with Crippen LogP contribution in [0.5, 0.6) is 0 Å². The lowest BCUT2D eigenvalue weighted by Gasteiger charge is -2.16. The molecule has 7 heteroatoms.